The molecule has 0 aromatic rings. The van der Waals surface area contributed by atoms with Gasteiger partial charge in [0.05, 0.1) is 0 Å². The molecule has 2 rings (SSSR count). The monoisotopic (exact) mass is 458 g/mol. The Morgan fingerprint density at radius 2 is 1.32 bits per heavy atom. The number of hydrogen-bond acceptors (Lipinski definition) is 4. The van der Waals surface area contributed by atoms with Gasteiger partial charge in [-0.05, 0) is 0 Å². The molecule has 0 bridgehead atoms. The van der Waals surface area contributed by atoms with Crippen molar-refractivity contribution in [3.8, 4) is 0 Å². The van der Waals surface area contributed by atoms with Gasteiger partial charge in [-0.1, -0.05) is 0 Å². The second kappa shape index (κ2) is 7.91. The topological polar surface area (TPSA) is 52.6 Å². The number of rotatable bonds is 4. The normalized spacial score (nSPS) is 24.2. The molecule has 0 fully saturated rings. The molecular weight excluding hydrogens is 445 g/mol. The van der Waals surface area contributed by atoms with E-state index in [9.17, 15) is 9.59 Å². The van der Waals surface area contributed by atoms with Crippen LogP contribution in [0.25, 0.3) is 0 Å². The summed E-state index contributed by atoms with van der Waals surface area (Å²) in [6.07, 6.45) is 11.1. The van der Waals surface area contributed by atoms with E-state index in [1.165, 1.54) is 0 Å². The van der Waals surface area contributed by atoms with Crippen LogP contribution >= 0.6 is 0 Å². The third kappa shape index (κ3) is 4.81. The third-order valence-electron chi connectivity index (χ3n) is 2.10. The van der Waals surface area contributed by atoms with E-state index in [0.29, 0.717) is 0 Å². The maximum absolute atomic E-state index is 11.7. The van der Waals surface area contributed by atoms with Crippen LogP contribution in [0, 0.1) is 0 Å². The van der Waals surface area contributed by atoms with Gasteiger partial charge in [0.25, 0.3) is 0 Å². The first-order valence-corrected chi connectivity index (χ1v) is 10.7. The summed E-state index contributed by atoms with van der Waals surface area (Å²) in [5.74, 6) is -0.615. The predicted molar refractivity (Wildman–Crippen MR) is 73.5 cm³/mol. The van der Waals surface area contributed by atoms with E-state index in [2.05, 4.69) is 0 Å². The Kier molecular flexibility index (Phi) is 6.18. The second-order valence-electron chi connectivity index (χ2n) is 3.41. The van der Waals surface area contributed by atoms with E-state index < -0.39 is 15.6 Å². The molecular formula is C12H10O4Se3. The average Bonchev–Trinajstić information content (AvgIpc) is 2.49. The first-order valence-electron chi connectivity index (χ1n) is 5.34. The van der Waals surface area contributed by atoms with Gasteiger partial charge in [0, 0.05) is 0 Å². The van der Waals surface area contributed by atoms with E-state index in [1.807, 2.05) is 46.4 Å². The summed E-state index contributed by atoms with van der Waals surface area (Å²) in [5.41, 5.74) is 0. The summed E-state index contributed by atoms with van der Waals surface area (Å²) < 4.78 is 10.0. The molecule has 7 heteroatoms. The van der Waals surface area contributed by atoms with Gasteiger partial charge in [-0.3, -0.25) is 0 Å². The molecule has 2 atom stereocenters. The van der Waals surface area contributed by atoms with Gasteiger partial charge in [-0.15, -0.1) is 0 Å². The van der Waals surface area contributed by atoms with E-state index in [1.54, 1.807) is 0 Å². The molecule has 0 amide bonds. The van der Waals surface area contributed by atoms with Gasteiger partial charge >= 0.3 is 131 Å². The molecule has 0 aromatic carbocycles. The van der Waals surface area contributed by atoms with E-state index in [0.717, 1.165) is 0 Å². The first-order chi connectivity index (χ1) is 9.27. The van der Waals surface area contributed by atoms with Crippen LogP contribution < -0.4 is 0 Å². The molecule has 0 saturated heterocycles. The molecule has 19 heavy (non-hydrogen) atoms. The fourth-order valence-corrected chi connectivity index (χ4v) is 5.53. The minimum absolute atomic E-state index is 0.0892. The van der Waals surface area contributed by atoms with Crippen LogP contribution in [-0.4, -0.2) is 57.5 Å². The Hall–Kier alpha value is -0.542. The summed E-state index contributed by atoms with van der Waals surface area (Å²) in [5, 5.41) is 0. The fraction of sp³-hybridized carbons (Fsp3) is 0.167. The fourth-order valence-electron chi connectivity index (χ4n) is 1.22. The van der Waals surface area contributed by atoms with Crippen molar-refractivity contribution in [2.45, 2.75) is 9.63 Å². The Balaban J connectivity index is 1.68. The summed E-state index contributed by atoms with van der Waals surface area (Å²) in [6.45, 7) is 0. The van der Waals surface area contributed by atoms with Crippen molar-refractivity contribution < 1.29 is 17.2 Å². The zero-order valence-electron chi connectivity index (χ0n) is 9.63. The van der Waals surface area contributed by atoms with Crippen molar-refractivity contribution in [2.75, 3.05) is 0 Å². The van der Waals surface area contributed by atoms with Crippen molar-refractivity contribution in [1.82, 2.24) is 0 Å². The molecule has 0 spiro atoms. The van der Waals surface area contributed by atoms with Gasteiger partial charge < -0.3 is 0 Å². The Morgan fingerprint density at radius 3 is 1.68 bits per heavy atom. The van der Waals surface area contributed by atoms with Crippen molar-refractivity contribution in [3.05, 3.63) is 46.4 Å². The minimum atomic E-state index is -0.871. The van der Waals surface area contributed by atoms with Crippen LogP contribution in [0.4, 0.5) is 0 Å². The van der Waals surface area contributed by atoms with Gasteiger partial charge in [-0.2, -0.15) is 0 Å². The molecule has 4 nitrogen and oxygen atoms in total. The summed E-state index contributed by atoms with van der Waals surface area (Å²) in [6, 6.07) is 0. The number of carbonyl (C=O) groups excluding carboxylic acids is 2. The summed E-state index contributed by atoms with van der Waals surface area (Å²) in [4.78, 5) is 26.9. The molecule has 2 aliphatic rings. The molecule has 0 aliphatic carbocycles. The summed E-state index contributed by atoms with van der Waals surface area (Å²) in [7, 11) is 0. The Morgan fingerprint density at radius 1 is 0.842 bits per heavy atom. The molecule has 0 N–H and O–H groups in total. The van der Waals surface area contributed by atoms with Crippen LogP contribution in [0.15, 0.2) is 46.4 Å². The molecule has 0 radical (unpaired) electrons. The van der Waals surface area contributed by atoms with Gasteiger partial charge in [-0.25, -0.2) is 0 Å². The summed E-state index contributed by atoms with van der Waals surface area (Å²) >= 11 is -0.692. The number of allylic oxidation sites excluding steroid dienone is 4. The van der Waals surface area contributed by atoms with Crippen molar-refractivity contribution in [2.24, 2.45) is 0 Å². The van der Waals surface area contributed by atoms with Crippen molar-refractivity contribution >= 4 is 57.5 Å². The van der Waals surface area contributed by atoms with Gasteiger partial charge in [0.15, 0.2) is 0 Å². The van der Waals surface area contributed by atoms with Gasteiger partial charge in [0.2, 0.25) is 0 Å². The molecule has 0 aromatic heterocycles. The van der Waals surface area contributed by atoms with Crippen LogP contribution in [0.2, 0.25) is 9.63 Å². The van der Waals surface area contributed by atoms with Crippen molar-refractivity contribution in [3.63, 3.8) is 0 Å². The molecule has 2 aliphatic heterocycles. The molecule has 0 saturated carbocycles. The second-order valence-corrected chi connectivity index (χ2v) is 8.81. The quantitative estimate of drug-likeness (QED) is 0.588. The third-order valence-corrected chi connectivity index (χ3v) is 7.09. The van der Waals surface area contributed by atoms with Crippen molar-refractivity contribution in [1.29, 1.82) is 0 Å². The Labute approximate surface area is 130 Å². The number of carbonyl (C=O) groups is 2. The number of hydrogen-bond donors (Lipinski definition) is 0. The standard InChI is InChI=1S/C12H10O4Se3/c13-11(9-5-1-3-7-17-9)15-19-16-12(14)10-6-2-4-8-18-10/h1-10H. The zero-order valence-corrected chi connectivity index (χ0v) is 14.8. The van der Waals surface area contributed by atoms with E-state index in [4.69, 9.17) is 7.64 Å². The predicted octanol–water partition coefficient (Wildman–Crippen LogP) is 0.759. The van der Waals surface area contributed by atoms with Crippen LogP contribution in [0.5, 0.6) is 0 Å². The molecule has 2 heterocycles. The van der Waals surface area contributed by atoms with E-state index in [-0.39, 0.29) is 51.5 Å². The average molecular weight is 455 g/mol. The maximum atomic E-state index is 11.7. The van der Waals surface area contributed by atoms with Crippen LogP contribution in [0.3, 0.4) is 0 Å². The van der Waals surface area contributed by atoms with Gasteiger partial charge in [0.1, 0.15) is 0 Å². The molecule has 100 valence electrons. The molecule has 2 unspecified atom stereocenters. The van der Waals surface area contributed by atoms with E-state index >= 15 is 0 Å². The van der Waals surface area contributed by atoms with Crippen LogP contribution in [-0.2, 0) is 17.2 Å². The van der Waals surface area contributed by atoms with Crippen LogP contribution in [0.1, 0.15) is 0 Å². The zero-order chi connectivity index (χ0) is 13.5. The first kappa shape index (κ1) is 14.9. The Bertz CT molecular complexity index is 426. The SMILES string of the molecule is O=C(O[Se]OC(=O)C1C=CC=C[Se]1)C1C=CC=C[Se]1.